The number of carbonyl (C=O) groups excluding carboxylic acids is 2. The van der Waals surface area contributed by atoms with Crippen molar-refractivity contribution < 1.29 is 28.5 Å². The van der Waals surface area contributed by atoms with Crippen LogP contribution in [-0.4, -0.2) is 45.0 Å². The third-order valence-electron chi connectivity index (χ3n) is 5.12. The molecule has 2 N–H and O–H groups in total. The van der Waals surface area contributed by atoms with Crippen molar-refractivity contribution in [3.05, 3.63) is 74.9 Å². The minimum Gasteiger partial charge on any atom is -0.493 e. The quantitative estimate of drug-likeness (QED) is 0.162. The molecule has 9 nitrogen and oxygen atoms in total. The van der Waals surface area contributed by atoms with Crippen LogP contribution in [0.4, 0.5) is 5.69 Å². The maximum Gasteiger partial charge on any atom is 0.271 e. The molecule has 0 saturated carbocycles. The van der Waals surface area contributed by atoms with Gasteiger partial charge in [-0.25, -0.2) is 5.43 Å². The Morgan fingerprint density at radius 3 is 2.32 bits per heavy atom. The average Bonchev–Trinajstić information content (AvgIpc) is 2.90. The second-order valence-corrected chi connectivity index (χ2v) is 9.13. The number of methoxy groups -OCH3 is 1. The summed E-state index contributed by atoms with van der Waals surface area (Å²) in [5.74, 6) is 1.25. The topological polar surface area (TPSA) is 107 Å². The van der Waals surface area contributed by atoms with E-state index in [0.29, 0.717) is 56.6 Å². The van der Waals surface area contributed by atoms with Crippen molar-refractivity contribution in [2.45, 2.75) is 20.8 Å². The molecule has 0 atom stereocenters. The molecule has 0 aliphatic rings. The highest BCUT2D eigenvalue weighted by Crippen LogP contribution is 2.33. The van der Waals surface area contributed by atoms with Gasteiger partial charge >= 0.3 is 0 Å². The van der Waals surface area contributed by atoms with Gasteiger partial charge in [0.1, 0.15) is 0 Å². The summed E-state index contributed by atoms with van der Waals surface area (Å²) in [5.41, 5.74) is 5.37. The zero-order valence-corrected chi connectivity index (χ0v) is 23.8. The molecular formula is C28H30IN3O6. The Kier molecular flexibility index (Phi) is 10.8. The van der Waals surface area contributed by atoms with Crippen LogP contribution in [0.5, 0.6) is 23.0 Å². The molecule has 0 saturated heterocycles. The fourth-order valence-electron chi connectivity index (χ4n) is 3.35. The van der Waals surface area contributed by atoms with Crippen LogP contribution >= 0.6 is 22.6 Å². The van der Waals surface area contributed by atoms with E-state index in [1.54, 1.807) is 30.3 Å². The first-order chi connectivity index (χ1) is 18.3. The standard InChI is InChI=1S/C28H30IN3O6/c1-5-36-23-12-9-20(15-24(23)37-6-2)28(34)32-30-16-19-13-22(29)27(25(14-19)35-4)38-17-26(33)31-21-10-7-18(3)8-11-21/h7-16H,5-6,17H2,1-4H3,(H,31,33)(H,32,34)/b30-16+. The van der Waals surface area contributed by atoms with Crippen LogP contribution in [0.3, 0.4) is 0 Å². The number of aryl methyl sites for hydroxylation is 1. The van der Waals surface area contributed by atoms with Crippen molar-refractivity contribution in [3.63, 3.8) is 0 Å². The first-order valence-electron chi connectivity index (χ1n) is 11.9. The van der Waals surface area contributed by atoms with Gasteiger partial charge in [0.25, 0.3) is 11.8 Å². The van der Waals surface area contributed by atoms with E-state index < -0.39 is 5.91 Å². The summed E-state index contributed by atoms with van der Waals surface area (Å²) in [6.45, 7) is 6.47. The summed E-state index contributed by atoms with van der Waals surface area (Å²) in [4.78, 5) is 24.9. The highest BCUT2D eigenvalue weighted by molar-refractivity contribution is 14.1. The lowest BCUT2D eigenvalue weighted by atomic mass is 10.2. The van der Waals surface area contributed by atoms with E-state index in [1.807, 2.05) is 45.0 Å². The van der Waals surface area contributed by atoms with Gasteiger partial charge in [0.15, 0.2) is 29.6 Å². The monoisotopic (exact) mass is 631 g/mol. The zero-order chi connectivity index (χ0) is 27.5. The number of benzene rings is 3. The first kappa shape index (κ1) is 28.8. The van der Waals surface area contributed by atoms with E-state index in [1.165, 1.54) is 13.3 Å². The van der Waals surface area contributed by atoms with Crippen LogP contribution in [0, 0.1) is 10.5 Å². The van der Waals surface area contributed by atoms with E-state index in [9.17, 15) is 9.59 Å². The molecule has 0 fully saturated rings. The summed E-state index contributed by atoms with van der Waals surface area (Å²) < 4.78 is 23.0. The summed E-state index contributed by atoms with van der Waals surface area (Å²) >= 11 is 2.09. The number of nitrogens with one attached hydrogen (secondary N) is 2. The van der Waals surface area contributed by atoms with Crippen molar-refractivity contribution >= 4 is 46.3 Å². The number of carbonyl (C=O) groups is 2. The minimum absolute atomic E-state index is 0.185. The fraction of sp³-hybridized carbons (Fsp3) is 0.250. The maximum atomic E-state index is 12.6. The Hall–Kier alpha value is -3.80. The second kappa shape index (κ2) is 14.2. The van der Waals surface area contributed by atoms with Crippen LogP contribution in [-0.2, 0) is 4.79 Å². The van der Waals surface area contributed by atoms with Crippen LogP contribution < -0.4 is 29.7 Å². The third kappa shape index (κ3) is 8.10. The number of nitrogens with zero attached hydrogens (tertiary/aromatic N) is 1. The van der Waals surface area contributed by atoms with Gasteiger partial charge in [0.2, 0.25) is 0 Å². The average molecular weight is 631 g/mol. The maximum absolute atomic E-state index is 12.6. The van der Waals surface area contributed by atoms with E-state index >= 15 is 0 Å². The van der Waals surface area contributed by atoms with Gasteiger partial charge in [0.05, 0.1) is 30.1 Å². The summed E-state index contributed by atoms with van der Waals surface area (Å²) in [6.07, 6.45) is 1.49. The van der Waals surface area contributed by atoms with Gasteiger partial charge in [-0.3, -0.25) is 9.59 Å². The number of anilines is 1. The molecule has 200 valence electrons. The second-order valence-electron chi connectivity index (χ2n) is 7.96. The van der Waals surface area contributed by atoms with E-state index in [4.69, 9.17) is 18.9 Å². The summed E-state index contributed by atoms with van der Waals surface area (Å²) in [7, 11) is 1.51. The smallest absolute Gasteiger partial charge is 0.271 e. The molecule has 0 heterocycles. The molecule has 10 heteroatoms. The molecule has 3 aromatic rings. The lowest BCUT2D eigenvalue weighted by Gasteiger charge is -2.13. The molecule has 0 aliphatic heterocycles. The molecule has 0 aliphatic carbocycles. The van der Waals surface area contributed by atoms with Crippen molar-refractivity contribution in [1.29, 1.82) is 0 Å². The van der Waals surface area contributed by atoms with Gasteiger partial charge in [-0.15, -0.1) is 0 Å². The van der Waals surface area contributed by atoms with Gasteiger partial charge in [0, 0.05) is 11.3 Å². The molecule has 0 spiro atoms. The molecule has 3 rings (SSSR count). The highest BCUT2D eigenvalue weighted by atomic mass is 127. The molecule has 3 aromatic carbocycles. The number of halogens is 1. The highest BCUT2D eigenvalue weighted by Gasteiger charge is 2.14. The van der Waals surface area contributed by atoms with Crippen LogP contribution in [0.15, 0.2) is 59.7 Å². The molecule has 0 bridgehead atoms. The summed E-state index contributed by atoms with van der Waals surface area (Å²) in [6, 6.07) is 16.0. The predicted molar refractivity (Wildman–Crippen MR) is 155 cm³/mol. The Morgan fingerprint density at radius 2 is 1.63 bits per heavy atom. The number of hydrogen-bond donors (Lipinski definition) is 2. The van der Waals surface area contributed by atoms with Gasteiger partial charge in [-0.2, -0.15) is 5.10 Å². The Labute approximate surface area is 235 Å². The number of hydrazone groups is 1. The van der Waals surface area contributed by atoms with Crippen LogP contribution in [0.25, 0.3) is 0 Å². The number of rotatable bonds is 12. The Morgan fingerprint density at radius 1 is 0.921 bits per heavy atom. The number of amides is 2. The minimum atomic E-state index is -0.397. The Bertz CT molecular complexity index is 1290. The van der Waals surface area contributed by atoms with Gasteiger partial charge < -0.3 is 24.3 Å². The van der Waals surface area contributed by atoms with E-state index in [2.05, 4.69) is 38.4 Å². The van der Waals surface area contributed by atoms with Crippen LogP contribution in [0.2, 0.25) is 0 Å². The van der Waals surface area contributed by atoms with Gasteiger partial charge in [-0.05, 0) is 91.4 Å². The molecule has 0 aromatic heterocycles. The largest absolute Gasteiger partial charge is 0.493 e. The Balaban J connectivity index is 1.63. The zero-order valence-electron chi connectivity index (χ0n) is 21.7. The first-order valence-corrected chi connectivity index (χ1v) is 13.0. The molecule has 0 radical (unpaired) electrons. The fourth-order valence-corrected chi connectivity index (χ4v) is 4.13. The SMILES string of the molecule is CCOc1ccc(C(=O)N/N=C/c2cc(I)c(OCC(=O)Nc3ccc(C)cc3)c(OC)c2)cc1OCC. The van der Waals surface area contributed by atoms with Crippen molar-refractivity contribution in [2.24, 2.45) is 5.10 Å². The molecule has 38 heavy (non-hydrogen) atoms. The molecular weight excluding hydrogens is 601 g/mol. The lowest BCUT2D eigenvalue weighted by molar-refractivity contribution is -0.118. The van der Waals surface area contributed by atoms with Crippen LogP contribution in [0.1, 0.15) is 35.3 Å². The summed E-state index contributed by atoms with van der Waals surface area (Å²) in [5, 5.41) is 6.86. The van der Waals surface area contributed by atoms with Crippen molar-refractivity contribution in [1.82, 2.24) is 5.43 Å². The predicted octanol–water partition coefficient (Wildman–Crippen LogP) is 5.19. The molecule has 2 amide bonds. The van der Waals surface area contributed by atoms with Crippen molar-refractivity contribution in [3.8, 4) is 23.0 Å². The third-order valence-corrected chi connectivity index (χ3v) is 5.92. The van der Waals surface area contributed by atoms with Crippen molar-refractivity contribution in [2.75, 3.05) is 32.2 Å². The van der Waals surface area contributed by atoms with E-state index in [-0.39, 0.29) is 12.5 Å². The number of ether oxygens (including phenoxy) is 4. The number of hydrogen-bond acceptors (Lipinski definition) is 7. The van der Waals surface area contributed by atoms with Gasteiger partial charge in [-0.1, -0.05) is 17.7 Å². The lowest BCUT2D eigenvalue weighted by Crippen LogP contribution is -2.20. The normalized spacial score (nSPS) is 10.7. The van der Waals surface area contributed by atoms with E-state index in [0.717, 1.165) is 5.56 Å². The molecule has 0 unspecified atom stereocenters.